The zero-order valence-corrected chi connectivity index (χ0v) is 16.5. The van der Waals surface area contributed by atoms with Gasteiger partial charge in [-0.25, -0.2) is 0 Å². The second-order valence-electron chi connectivity index (χ2n) is 6.75. The van der Waals surface area contributed by atoms with E-state index >= 15 is 0 Å². The molecule has 1 saturated heterocycles. The van der Waals surface area contributed by atoms with E-state index in [1.165, 1.54) is 11.3 Å². The molecular formula is C21H20N4O3S. The second-order valence-corrected chi connectivity index (χ2v) is 7.81. The van der Waals surface area contributed by atoms with Gasteiger partial charge in [-0.2, -0.15) is 0 Å². The zero-order chi connectivity index (χ0) is 20.1. The van der Waals surface area contributed by atoms with Crippen LogP contribution in [0.25, 0.3) is 0 Å². The van der Waals surface area contributed by atoms with Gasteiger partial charge in [0.15, 0.2) is 5.01 Å². The second kappa shape index (κ2) is 8.83. The number of amides is 2. The number of likely N-dealkylation sites (tertiary alicyclic amines) is 1. The lowest BCUT2D eigenvalue weighted by Crippen LogP contribution is -2.28. The molecule has 148 valence electrons. The molecule has 2 heterocycles. The zero-order valence-electron chi connectivity index (χ0n) is 15.7. The lowest BCUT2D eigenvalue weighted by molar-refractivity contribution is -0.128. The first-order valence-corrected chi connectivity index (χ1v) is 10.1. The Morgan fingerprint density at radius 2 is 1.83 bits per heavy atom. The van der Waals surface area contributed by atoms with Gasteiger partial charge in [-0.1, -0.05) is 59.9 Å². The van der Waals surface area contributed by atoms with E-state index in [0.29, 0.717) is 23.2 Å². The highest BCUT2D eigenvalue weighted by Gasteiger charge is 2.34. The molecule has 2 aromatic carbocycles. The molecule has 8 heteroatoms. The number of carbonyl (C=O) groups is 2. The number of aromatic nitrogens is 2. The Morgan fingerprint density at radius 3 is 2.59 bits per heavy atom. The highest BCUT2D eigenvalue weighted by molar-refractivity contribution is 7.15. The first-order chi connectivity index (χ1) is 14.2. The number of para-hydroxylation sites is 1. The number of ether oxygens (including phenoxy) is 1. The van der Waals surface area contributed by atoms with E-state index in [-0.39, 0.29) is 30.8 Å². The summed E-state index contributed by atoms with van der Waals surface area (Å²) in [5, 5.41) is 11.9. The number of benzene rings is 2. The molecule has 3 aromatic rings. The van der Waals surface area contributed by atoms with Crippen LogP contribution >= 0.6 is 11.3 Å². The number of nitrogens with one attached hydrogen (secondary N) is 1. The summed E-state index contributed by atoms with van der Waals surface area (Å²) < 4.78 is 5.64. The van der Waals surface area contributed by atoms with Crippen molar-refractivity contribution < 1.29 is 14.3 Å². The van der Waals surface area contributed by atoms with Crippen molar-refractivity contribution in [1.29, 1.82) is 0 Å². The van der Waals surface area contributed by atoms with Gasteiger partial charge in [-0.3, -0.25) is 9.59 Å². The molecule has 1 N–H and O–H groups in total. The standard InChI is InChI=1S/C21H20N4O3S/c26-19-11-16(13-25(19)12-15-7-3-1-4-8-15)20(27)22-21-24-23-18(29-21)14-28-17-9-5-2-6-10-17/h1-10,16H,11-14H2,(H,22,24,27). The van der Waals surface area contributed by atoms with Gasteiger partial charge in [0, 0.05) is 19.5 Å². The molecule has 7 nitrogen and oxygen atoms in total. The summed E-state index contributed by atoms with van der Waals surface area (Å²) in [4.78, 5) is 26.6. The van der Waals surface area contributed by atoms with Gasteiger partial charge in [0.05, 0.1) is 5.92 Å². The Morgan fingerprint density at radius 1 is 1.10 bits per heavy atom. The summed E-state index contributed by atoms with van der Waals surface area (Å²) in [6.07, 6.45) is 0.210. The molecule has 2 amide bonds. The summed E-state index contributed by atoms with van der Waals surface area (Å²) in [7, 11) is 0. The van der Waals surface area contributed by atoms with Crippen LogP contribution < -0.4 is 10.1 Å². The summed E-state index contributed by atoms with van der Waals surface area (Å²) in [5.41, 5.74) is 1.05. The Hall–Kier alpha value is -3.26. The number of anilines is 1. The molecule has 0 radical (unpaired) electrons. The highest BCUT2D eigenvalue weighted by atomic mass is 32.1. The maximum atomic E-state index is 12.6. The molecular weight excluding hydrogens is 388 g/mol. The molecule has 1 aliphatic rings. The van der Waals surface area contributed by atoms with Crippen LogP contribution in [0, 0.1) is 5.92 Å². The quantitative estimate of drug-likeness (QED) is 0.649. The smallest absolute Gasteiger partial charge is 0.231 e. The first kappa shape index (κ1) is 19.1. The van der Waals surface area contributed by atoms with E-state index in [9.17, 15) is 9.59 Å². The maximum absolute atomic E-state index is 12.6. The molecule has 0 bridgehead atoms. The van der Waals surface area contributed by atoms with Crippen molar-refractivity contribution in [3.05, 3.63) is 71.2 Å². The molecule has 1 unspecified atom stereocenters. The van der Waals surface area contributed by atoms with Crippen LogP contribution in [0.4, 0.5) is 5.13 Å². The summed E-state index contributed by atoms with van der Waals surface area (Å²) in [6, 6.07) is 19.2. The predicted octanol–water partition coefficient (Wildman–Crippen LogP) is 3.10. The molecule has 1 fully saturated rings. The maximum Gasteiger partial charge on any atom is 0.231 e. The minimum atomic E-state index is -0.390. The van der Waals surface area contributed by atoms with Gasteiger partial charge < -0.3 is 15.0 Å². The van der Waals surface area contributed by atoms with Crippen molar-refractivity contribution in [1.82, 2.24) is 15.1 Å². The number of nitrogens with zero attached hydrogens (tertiary/aromatic N) is 3. The molecule has 4 rings (SSSR count). The minimum absolute atomic E-state index is 0.0109. The predicted molar refractivity (Wildman–Crippen MR) is 109 cm³/mol. The number of hydrogen-bond donors (Lipinski definition) is 1. The van der Waals surface area contributed by atoms with Gasteiger partial charge >= 0.3 is 0 Å². The van der Waals surface area contributed by atoms with Gasteiger partial charge in [-0.15, -0.1) is 10.2 Å². The fourth-order valence-corrected chi connectivity index (χ4v) is 3.79. The van der Waals surface area contributed by atoms with Crippen molar-refractivity contribution in [2.24, 2.45) is 5.92 Å². The Balaban J connectivity index is 1.29. The van der Waals surface area contributed by atoms with Crippen molar-refractivity contribution >= 4 is 28.3 Å². The van der Waals surface area contributed by atoms with Crippen molar-refractivity contribution in [3.63, 3.8) is 0 Å². The molecule has 1 atom stereocenters. The lowest BCUT2D eigenvalue weighted by atomic mass is 10.1. The Kier molecular flexibility index (Phi) is 5.81. The monoisotopic (exact) mass is 408 g/mol. The third kappa shape index (κ3) is 4.97. The number of hydrogen-bond acceptors (Lipinski definition) is 6. The molecule has 29 heavy (non-hydrogen) atoms. The Bertz CT molecular complexity index is 978. The SMILES string of the molecule is O=C(Nc1nnc(COc2ccccc2)s1)C1CC(=O)N(Cc2ccccc2)C1. The van der Waals surface area contributed by atoms with Gasteiger partial charge in [0.1, 0.15) is 12.4 Å². The normalized spacial score (nSPS) is 16.1. The van der Waals surface area contributed by atoms with Crippen LogP contribution in [0.15, 0.2) is 60.7 Å². The van der Waals surface area contributed by atoms with E-state index < -0.39 is 0 Å². The van der Waals surface area contributed by atoms with E-state index in [4.69, 9.17) is 4.74 Å². The van der Waals surface area contributed by atoms with Crippen molar-refractivity contribution in [2.45, 2.75) is 19.6 Å². The van der Waals surface area contributed by atoms with Crippen LogP contribution in [-0.2, 0) is 22.7 Å². The topological polar surface area (TPSA) is 84.4 Å². The van der Waals surface area contributed by atoms with E-state index in [0.717, 1.165) is 11.3 Å². The first-order valence-electron chi connectivity index (χ1n) is 9.30. The summed E-state index contributed by atoms with van der Waals surface area (Å²) in [6.45, 7) is 1.20. The Labute approximate surface area is 172 Å². The van der Waals surface area contributed by atoms with Gasteiger partial charge in [0.25, 0.3) is 0 Å². The average Bonchev–Trinajstić information content (AvgIpc) is 3.34. The third-order valence-electron chi connectivity index (χ3n) is 4.60. The van der Waals surface area contributed by atoms with Crippen LogP contribution in [-0.4, -0.2) is 33.5 Å². The van der Waals surface area contributed by atoms with E-state index in [1.54, 1.807) is 4.90 Å². The van der Waals surface area contributed by atoms with Crippen LogP contribution in [0.5, 0.6) is 5.75 Å². The number of rotatable bonds is 7. The minimum Gasteiger partial charge on any atom is -0.486 e. The molecule has 1 aliphatic heterocycles. The number of carbonyl (C=O) groups excluding carboxylic acids is 2. The average molecular weight is 408 g/mol. The summed E-state index contributed by atoms with van der Waals surface area (Å²) in [5.74, 6) is 0.138. The van der Waals surface area contributed by atoms with E-state index in [1.807, 2.05) is 60.7 Å². The lowest BCUT2D eigenvalue weighted by Gasteiger charge is -2.16. The van der Waals surface area contributed by atoms with Crippen LogP contribution in [0.3, 0.4) is 0 Å². The van der Waals surface area contributed by atoms with E-state index in [2.05, 4.69) is 15.5 Å². The summed E-state index contributed by atoms with van der Waals surface area (Å²) >= 11 is 1.27. The third-order valence-corrected chi connectivity index (χ3v) is 5.42. The van der Waals surface area contributed by atoms with Crippen molar-refractivity contribution in [2.75, 3.05) is 11.9 Å². The largest absolute Gasteiger partial charge is 0.486 e. The molecule has 0 spiro atoms. The van der Waals surface area contributed by atoms with Crippen LogP contribution in [0.2, 0.25) is 0 Å². The fourth-order valence-electron chi connectivity index (χ4n) is 3.14. The van der Waals surface area contributed by atoms with Crippen LogP contribution in [0.1, 0.15) is 17.0 Å². The van der Waals surface area contributed by atoms with Gasteiger partial charge in [0.2, 0.25) is 16.9 Å². The fraction of sp³-hybridized carbons (Fsp3) is 0.238. The highest BCUT2D eigenvalue weighted by Crippen LogP contribution is 2.23. The van der Waals surface area contributed by atoms with Crippen molar-refractivity contribution in [3.8, 4) is 5.75 Å². The van der Waals surface area contributed by atoms with Gasteiger partial charge in [-0.05, 0) is 17.7 Å². The molecule has 0 aliphatic carbocycles. The molecule has 1 aromatic heterocycles. The molecule has 0 saturated carbocycles.